The van der Waals surface area contributed by atoms with Crippen molar-refractivity contribution < 1.29 is 14.3 Å². The monoisotopic (exact) mass is 257 g/mol. The number of hydrogen-bond donors (Lipinski definition) is 0. The summed E-state index contributed by atoms with van der Waals surface area (Å²) in [6.45, 7) is 3.46. The van der Waals surface area contributed by atoms with E-state index >= 15 is 0 Å². The highest BCUT2D eigenvalue weighted by Crippen LogP contribution is 2.31. The molecule has 98 valence electrons. The molecule has 2 aromatic rings. The zero-order valence-corrected chi connectivity index (χ0v) is 11.1. The number of aromatic nitrogens is 1. The molecule has 0 atom stereocenters. The number of benzene rings is 1. The number of carbonyl (C=O) groups excluding carboxylic acids is 1. The lowest BCUT2D eigenvalue weighted by Gasteiger charge is -2.10. The number of aryl methyl sites for hydroxylation is 1. The van der Waals surface area contributed by atoms with Crippen LogP contribution in [-0.2, 0) is 0 Å². The van der Waals surface area contributed by atoms with Gasteiger partial charge in [-0.25, -0.2) is 4.98 Å². The molecule has 0 unspecified atom stereocenters. The van der Waals surface area contributed by atoms with Crippen LogP contribution in [-0.4, -0.2) is 17.9 Å². The molecule has 0 fully saturated rings. The summed E-state index contributed by atoms with van der Waals surface area (Å²) in [4.78, 5) is 15.2. The zero-order chi connectivity index (χ0) is 13.8. The van der Waals surface area contributed by atoms with E-state index in [2.05, 4.69) is 4.98 Å². The zero-order valence-electron chi connectivity index (χ0n) is 11.1. The van der Waals surface area contributed by atoms with E-state index in [9.17, 15) is 4.79 Å². The van der Waals surface area contributed by atoms with Gasteiger partial charge in [0.1, 0.15) is 11.4 Å². The van der Waals surface area contributed by atoms with Gasteiger partial charge in [0.2, 0.25) is 0 Å². The van der Waals surface area contributed by atoms with Gasteiger partial charge in [-0.2, -0.15) is 0 Å². The van der Waals surface area contributed by atoms with Crippen LogP contribution in [0.5, 0.6) is 17.2 Å². The Morgan fingerprint density at radius 1 is 1.16 bits per heavy atom. The van der Waals surface area contributed by atoms with Gasteiger partial charge in [0.15, 0.2) is 17.3 Å². The largest absolute Gasteiger partial charge is 0.493 e. The van der Waals surface area contributed by atoms with Gasteiger partial charge in [0.25, 0.3) is 0 Å². The van der Waals surface area contributed by atoms with Crippen molar-refractivity contribution in [2.24, 2.45) is 0 Å². The van der Waals surface area contributed by atoms with Crippen molar-refractivity contribution in [1.29, 1.82) is 0 Å². The molecule has 0 saturated heterocycles. The van der Waals surface area contributed by atoms with Crippen molar-refractivity contribution in [3.8, 4) is 17.2 Å². The molecule has 0 saturated carbocycles. The summed E-state index contributed by atoms with van der Waals surface area (Å²) < 4.78 is 11.0. The normalized spacial score (nSPS) is 10.1. The average Bonchev–Trinajstić information content (AvgIpc) is 2.41. The van der Waals surface area contributed by atoms with Crippen LogP contribution in [0.25, 0.3) is 0 Å². The number of methoxy groups -OCH3 is 1. The summed E-state index contributed by atoms with van der Waals surface area (Å²) in [5, 5.41) is 0. The number of ketones is 1. The average molecular weight is 257 g/mol. The van der Waals surface area contributed by atoms with Gasteiger partial charge in [-0.15, -0.1) is 0 Å². The molecule has 1 aromatic carbocycles. The maximum atomic E-state index is 11.1. The Morgan fingerprint density at radius 2 is 1.95 bits per heavy atom. The van der Waals surface area contributed by atoms with Crippen molar-refractivity contribution in [2.45, 2.75) is 13.8 Å². The second-order valence-corrected chi connectivity index (χ2v) is 4.19. The molecule has 4 nitrogen and oxygen atoms in total. The number of hydrogen-bond acceptors (Lipinski definition) is 4. The van der Waals surface area contributed by atoms with E-state index in [1.54, 1.807) is 19.2 Å². The summed E-state index contributed by atoms with van der Waals surface area (Å²) in [6, 6.07) is 9.02. The van der Waals surface area contributed by atoms with Crippen LogP contribution < -0.4 is 9.47 Å². The van der Waals surface area contributed by atoms with Crippen LogP contribution >= 0.6 is 0 Å². The number of carbonyl (C=O) groups is 1. The first-order valence-electron chi connectivity index (χ1n) is 5.89. The second kappa shape index (κ2) is 5.52. The van der Waals surface area contributed by atoms with Crippen molar-refractivity contribution in [2.75, 3.05) is 7.11 Å². The molecule has 1 aromatic heterocycles. The van der Waals surface area contributed by atoms with Gasteiger partial charge in [-0.3, -0.25) is 4.79 Å². The van der Waals surface area contributed by atoms with Gasteiger partial charge in [0.05, 0.1) is 13.3 Å². The fourth-order valence-electron chi connectivity index (χ4n) is 1.64. The van der Waals surface area contributed by atoms with Gasteiger partial charge < -0.3 is 9.47 Å². The summed E-state index contributed by atoms with van der Waals surface area (Å²) in [5.41, 5.74) is 1.51. The fraction of sp³-hybridized carbons (Fsp3) is 0.200. The molecular formula is C15H15NO3. The first kappa shape index (κ1) is 13.1. The number of nitrogens with zero attached hydrogens (tertiary/aromatic N) is 1. The molecular weight excluding hydrogens is 242 g/mol. The SMILES string of the molecule is COc1cc(C)ccc1Oc1ccc(C(C)=O)nc1. The van der Waals surface area contributed by atoms with Crippen molar-refractivity contribution in [1.82, 2.24) is 4.98 Å². The van der Waals surface area contributed by atoms with Crippen LogP contribution in [0.15, 0.2) is 36.5 Å². The Bertz CT molecular complexity index is 591. The van der Waals surface area contributed by atoms with Crippen LogP contribution in [0, 0.1) is 6.92 Å². The van der Waals surface area contributed by atoms with E-state index in [1.165, 1.54) is 13.1 Å². The lowest BCUT2D eigenvalue weighted by atomic mass is 10.2. The van der Waals surface area contributed by atoms with Gasteiger partial charge >= 0.3 is 0 Å². The van der Waals surface area contributed by atoms with Gasteiger partial charge in [-0.05, 0) is 36.8 Å². The molecule has 0 N–H and O–H groups in total. The van der Waals surface area contributed by atoms with E-state index in [1.807, 2.05) is 25.1 Å². The van der Waals surface area contributed by atoms with Gasteiger partial charge in [-0.1, -0.05) is 6.07 Å². The van der Waals surface area contributed by atoms with Crippen LogP contribution in [0.1, 0.15) is 23.0 Å². The molecule has 0 aliphatic rings. The number of pyridine rings is 1. The first-order valence-corrected chi connectivity index (χ1v) is 5.89. The molecule has 19 heavy (non-hydrogen) atoms. The van der Waals surface area contributed by atoms with Gasteiger partial charge in [0, 0.05) is 6.92 Å². The Balaban J connectivity index is 2.23. The molecule has 1 heterocycles. The summed E-state index contributed by atoms with van der Waals surface area (Å²) >= 11 is 0. The first-order chi connectivity index (χ1) is 9.10. The maximum absolute atomic E-state index is 11.1. The highest BCUT2D eigenvalue weighted by atomic mass is 16.5. The Morgan fingerprint density at radius 3 is 2.53 bits per heavy atom. The van der Waals surface area contributed by atoms with E-state index in [0.29, 0.717) is 22.9 Å². The molecule has 0 aliphatic heterocycles. The standard InChI is InChI=1S/C15H15NO3/c1-10-4-7-14(15(8-10)18-3)19-12-5-6-13(11(2)17)16-9-12/h4-9H,1-3H3. The minimum atomic E-state index is -0.0699. The maximum Gasteiger partial charge on any atom is 0.178 e. The summed E-state index contributed by atoms with van der Waals surface area (Å²) in [5.74, 6) is 1.77. The molecule has 0 amide bonds. The number of rotatable bonds is 4. The van der Waals surface area contributed by atoms with E-state index in [4.69, 9.17) is 9.47 Å². The summed E-state index contributed by atoms with van der Waals surface area (Å²) in [6.07, 6.45) is 1.52. The predicted octanol–water partition coefficient (Wildman–Crippen LogP) is 3.39. The Kier molecular flexibility index (Phi) is 3.80. The lowest BCUT2D eigenvalue weighted by Crippen LogP contribution is -1.96. The van der Waals surface area contributed by atoms with E-state index < -0.39 is 0 Å². The molecule has 4 heteroatoms. The highest BCUT2D eigenvalue weighted by molar-refractivity contribution is 5.92. The minimum absolute atomic E-state index is 0.0699. The third kappa shape index (κ3) is 3.10. The summed E-state index contributed by atoms with van der Waals surface area (Å²) in [7, 11) is 1.60. The number of Topliss-reactive ketones (excluding diaryl/α,β-unsaturated/α-hetero) is 1. The second-order valence-electron chi connectivity index (χ2n) is 4.19. The topological polar surface area (TPSA) is 48.4 Å². The quantitative estimate of drug-likeness (QED) is 0.788. The third-order valence-corrected chi connectivity index (χ3v) is 2.64. The third-order valence-electron chi connectivity index (χ3n) is 2.64. The molecule has 0 bridgehead atoms. The minimum Gasteiger partial charge on any atom is -0.493 e. The predicted molar refractivity (Wildman–Crippen MR) is 72.0 cm³/mol. The van der Waals surface area contributed by atoms with E-state index in [0.717, 1.165) is 5.56 Å². The molecule has 0 spiro atoms. The van der Waals surface area contributed by atoms with Crippen molar-refractivity contribution in [3.05, 3.63) is 47.8 Å². The fourth-order valence-corrected chi connectivity index (χ4v) is 1.64. The molecule has 2 rings (SSSR count). The van der Waals surface area contributed by atoms with Crippen LogP contribution in [0.4, 0.5) is 0 Å². The van der Waals surface area contributed by atoms with Crippen molar-refractivity contribution in [3.63, 3.8) is 0 Å². The smallest absolute Gasteiger partial charge is 0.178 e. The Labute approximate surface area is 112 Å². The molecule has 0 radical (unpaired) electrons. The Hall–Kier alpha value is -2.36. The highest BCUT2D eigenvalue weighted by Gasteiger charge is 2.07. The lowest BCUT2D eigenvalue weighted by molar-refractivity contribution is 0.101. The van der Waals surface area contributed by atoms with E-state index in [-0.39, 0.29) is 5.78 Å². The van der Waals surface area contributed by atoms with Crippen LogP contribution in [0.2, 0.25) is 0 Å². The number of ether oxygens (including phenoxy) is 2. The van der Waals surface area contributed by atoms with Crippen molar-refractivity contribution >= 4 is 5.78 Å². The van der Waals surface area contributed by atoms with Crippen LogP contribution in [0.3, 0.4) is 0 Å². The molecule has 0 aliphatic carbocycles.